The second-order valence-electron chi connectivity index (χ2n) is 5.28. The van der Waals surface area contributed by atoms with Crippen LogP contribution in [0.3, 0.4) is 0 Å². The molecule has 0 aromatic heterocycles. The summed E-state index contributed by atoms with van der Waals surface area (Å²) in [6, 6.07) is 7.98. The fraction of sp³-hybridized carbons (Fsp3) is 0.533. The van der Waals surface area contributed by atoms with Crippen molar-refractivity contribution in [2.75, 3.05) is 0 Å². The van der Waals surface area contributed by atoms with Gasteiger partial charge in [-0.3, -0.25) is 4.79 Å². The summed E-state index contributed by atoms with van der Waals surface area (Å²) in [5.41, 5.74) is 7.56. The number of aryl methyl sites for hydroxylation is 1. The Labute approximate surface area is 108 Å². The third-order valence-electron chi connectivity index (χ3n) is 3.60. The van der Waals surface area contributed by atoms with Crippen molar-refractivity contribution >= 4 is 5.97 Å². The van der Waals surface area contributed by atoms with Gasteiger partial charge in [0.15, 0.2) is 0 Å². The van der Waals surface area contributed by atoms with E-state index in [2.05, 4.69) is 0 Å². The number of benzene rings is 1. The molecule has 0 spiro atoms. The normalized spacial score (nSPS) is 18.3. The number of carbonyl (C=O) groups excluding carboxylic acids is 1. The minimum Gasteiger partial charge on any atom is -0.459 e. The lowest BCUT2D eigenvalue weighted by Gasteiger charge is -2.30. The summed E-state index contributed by atoms with van der Waals surface area (Å²) in [6.45, 7) is 2.34. The van der Waals surface area contributed by atoms with Crippen molar-refractivity contribution in [1.82, 2.24) is 0 Å². The quantitative estimate of drug-likeness (QED) is 0.835. The van der Waals surface area contributed by atoms with E-state index in [4.69, 9.17) is 10.5 Å². The lowest BCUT2D eigenvalue weighted by molar-refractivity contribution is -0.152. The van der Waals surface area contributed by atoms with Gasteiger partial charge in [-0.25, -0.2) is 0 Å². The number of hydrogen-bond acceptors (Lipinski definition) is 3. The molecule has 3 heteroatoms. The highest BCUT2D eigenvalue weighted by atomic mass is 16.5. The molecule has 2 N–H and O–H groups in total. The molecule has 98 valence electrons. The van der Waals surface area contributed by atoms with E-state index in [1.165, 1.54) is 12.0 Å². The Balaban J connectivity index is 1.91. The van der Waals surface area contributed by atoms with Gasteiger partial charge in [0.25, 0.3) is 0 Å². The molecule has 0 saturated heterocycles. The van der Waals surface area contributed by atoms with Crippen molar-refractivity contribution in [3.8, 4) is 0 Å². The first-order chi connectivity index (χ1) is 8.60. The van der Waals surface area contributed by atoms with Gasteiger partial charge in [0, 0.05) is 0 Å². The van der Waals surface area contributed by atoms with Gasteiger partial charge in [-0.1, -0.05) is 49.1 Å². The van der Waals surface area contributed by atoms with Crippen LogP contribution in [0, 0.1) is 6.92 Å². The van der Waals surface area contributed by atoms with Crippen LogP contribution >= 0.6 is 0 Å². The molecule has 1 aromatic rings. The molecule has 2 rings (SSSR count). The minimum absolute atomic E-state index is 0.247. The Morgan fingerprint density at radius 1 is 1.33 bits per heavy atom. The molecule has 18 heavy (non-hydrogen) atoms. The van der Waals surface area contributed by atoms with E-state index < -0.39 is 5.54 Å². The van der Waals surface area contributed by atoms with Crippen LogP contribution in [0.5, 0.6) is 0 Å². The Morgan fingerprint density at radius 3 is 2.72 bits per heavy atom. The Hall–Kier alpha value is -1.35. The third-order valence-corrected chi connectivity index (χ3v) is 3.60. The first-order valence-corrected chi connectivity index (χ1v) is 6.62. The van der Waals surface area contributed by atoms with Gasteiger partial charge >= 0.3 is 5.97 Å². The highest BCUT2D eigenvalue weighted by Gasteiger charge is 2.36. The first-order valence-electron chi connectivity index (χ1n) is 6.62. The third kappa shape index (κ3) is 3.10. The molecule has 0 radical (unpaired) electrons. The van der Waals surface area contributed by atoms with Crippen LogP contribution in [0.25, 0.3) is 0 Å². The highest BCUT2D eigenvalue weighted by molar-refractivity contribution is 5.80. The molecule has 1 saturated carbocycles. The summed E-state index contributed by atoms with van der Waals surface area (Å²) in [7, 11) is 0. The SMILES string of the molecule is Cc1cccc(COC(=O)C2(N)CCCCC2)c1. The molecule has 1 fully saturated rings. The van der Waals surface area contributed by atoms with Crippen LogP contribution in [0.15, 0.2) is 24.3 Å². The maximum atomic E-state index is 12.0. The summed E-state index contributed by atoms with van der Waals surface area (Å²) in [4.78, 5) is 12.0. The van der Waals surface area contributed by atoms with Crippen molar-refractivity contribution in [2.24, 2.45) is 5.73 Å². The van der Waals surface area contributed by atoms with Crippen LogP contribution in [0.2, 0.25) is 0 Å². The number of nitrogens with two attached hydrogens (primary N) is 1. The van der Waals surface area contributed by atoms with Gasteiger partial charge in [0.2, 0.25) is 0 Å². The topological polar surface area (TPSA) is 52.3 Å². The second kappa shape index (κ2) is 5.53. The summed E-state index contributed by atoms with van der Waals surface area (Å²) in [5.74, 6) is -0.247. The zero-order valence-corrected chi connectivity index (χ0v) is 10.9. The van der Waals surface area contributed by atoms with Gasteiger partial charge in [-0.05, 0) is 25.3 Å². The van der Waals surface area contributed by atoms with Crippen molar-refractivity contribution in [2.45, 2.75) is 51.2 Å². The molecule has 0 amide bonds. The van der Waals surface area contributed by atoms with E-state index in [0.717, 1.165) is 31.2 Å². The van der Waals surface area contributed by atoms with E-state index in [0.29, 0.717) is 6.61 Å². The zero-order valence-electron chi connectivity index (χ0n) is 10.9. The fourth-order valence-electron chi connectivity index (χ4n) is 2.48. The summed E-state index contributed by atoms with van der Waals surface area (Å²) in [6.07, 6.45) is 4.72. The second-order valence-corrected chi connectivity index (χ2v) is 5.28. The van der Waals surface area contributed by atoms with Crippen LogP contribution in [0.1, 0.15) is 43.2 Å². The monoisotopic (exact) mass is 247 g/mol. The van der Waals surface area contributed by atoms with Crippen molar-refractivity contribution in [1.29, 1.82) is 0 Å². The van der Waals surface area contributed by atoms with Crippen LogP contribution in [-0.2, 0) is 16.1 Å². The number of ether oxygens (including phenoxy) is 1. The highest BCUT2D eigenvalue weighted by Crippen LogP contribution is 2.27. The molecule has 0 aliphatic heterocycles. The largest absolute Gasteiger partial charge is 0.459 e. The van der Waals surface area contributed by atoms with Gasteiger partial charge in [0.05, 0.1) is 0 Å². The van der Waals surface area contributed by atoms with Gasteiger partial charge in [0.1, 0.15) is 12.1 Å². The van der Waals surface area contributed by atoms with E-state index in [1.54, 1.807) is 0 Å². The fourth-order valence-corrected chi connectivity index (χ4v) is 2.48. The molecule has 0 heterocycles. The van der Waals surface area contributed by atoms with Gasteiger partial charge < -0.3 is 10.5 Å². The Bertz CT molecular complexity index is 422. The number of esters is 1. The Kier molecular flexibility index (Phi) is 4.02. The van der Waals surface area contributed by atoms with Crippen LogP contribution < -0.4 is 5.73 Å². The van der Waals surface area contributed by atoms with Crippen molar-refractivity contribution in [3.05, 3.63) is 35.4 Å². The Morgan fingerprint density at radius 2 is 2.06 bits per heavy atom. The molecule has 1 aliphatic rings. The lowest BCUT2D eigenvalue weighted by Crippen LogP contribution is -2.50. The smallest absolute Gasteiger partial charge is 0.326 e. The van der Waals surface area contributed by atoms with Gasteiger partial charge in [-0.2, -0.15) is 0 Å². The molecule has 1 aromatic carbocycles. The molecule has 0 bridgehead atoms. The molecule has 0 unspecified atom stereocenters. The molecule has 1 aliphatic carbocycles. The number of carbonyl (C=O) groups is 1. The van der Waals surface area contributed by atoms with Crippen LogP contribution in [-0.4, -0.2) is 11.5 Å². The average molecular weight is 247 g/mol. The van der Waals surface area contributed by atoms with E-state index in [1.807, 2.05) is 31.2 Å². The summed E-state index contributed by atoms with van der Waals surface area (Å²) in [5, 5.41) is 0. The predicted molar refractivity (Wildman–Crippen MR) is 71.0 cm³/mol. The minimum atomic E-state index is -0.748. The zero-order chi connectivity index (χ0) is 13.0. The first kappa shape index (κ1) is 13.1. The van der Waals surface area contributed by atoms with Gasteiger partial charge in [-0.15, -0.1) is 0 Å². The lowest BCUT2D eigenvalue weighted by atomic mass is 9.83. The summed E-state index contributed by atoms with van der Waals surface area (Å²) >= 11 is 0. The van der Waals surface area contributed by atoms with Crippen molar-refractivity contribution in [3.63, 3.8) is 0 Å². The maximum Gasteiger partial charge on any atom is 0.326 e. The molecular formula is C15H21NO2. The number of hydrogen-bond donors (Lipinski definition) is 1. The molecule has 0 atom stereocenters. The number of rotatable bonds is 3. The molecular weight excluding hydrogens is 226 g/mol. The van der Waals surface area contributed by atoms with E-state index >= 15 is 0 Å². The predicted octanol–water partition coefficient (Wildman–Crippen LogP) is 2.70. The maximum absolute atomic E-state index is 12.0. The van der Waals surface area contributed by atoms with E-state index in [9.17, 15) is 4.79 Å². The van der Waals surface area contributed by atoms with E-state index in [-0.39, 0.29) is 5.97 Å². The van der Waals surface area contributed by atoms with Crippen LogP contribution in [0.4, 0.5) is 0 Å². The molecule has 3 nitrogen and oxygen atoms in total. The summed E-state index contributed by atoms with van der Waals surface area (Å²) < 4.78 is 5.36. The standard InChI is InChI=1S/C15H21NO2/c1-12-6-5-7-13(10-12)11-18-14(17)15(16)8-3-2-4-9-15/h5-7,10H,2-4,8-9,11,16H2,1H3. The average Bonchev–Trinajstić information content (AvgIpc) is 2.37. The van der Waals surface area contributed by atoms with Crippen molar-refractivity contribution < 1.29 is 9.53 Å².